The van der Waals surface area contributed by atoms with Gasteiger partial charge in [0.05, 0.1) is 0 Å². The van der Waals surface area contributed by atoms with Crippen LogP contribution in [0.25, 0.3) is 10.6 Å². The summed E-state index contributed by atoms with van der Waals surface area (Å²) < 4.78 is 0. The molecule has 0 saturated heterocycles. The average Bonchev–Trinajstić information content (AvgIpc) is 2.96. The Labute approximate surface area is 160 Å². The maximum atomic E-state index is 12.5. The van der Waals surface area contributed by atoms with E-state index in [1.54, 1.807) is 30.3 Å². The largest absolute Gasteiger partial charge is 0.326 e. The van der Waals surface area contributed by atoms with Gasteiger partial charge in [0.2, 0.25) is 5.91 Å². The summed E-state index contributed by atoms with van der Waals surface area (Å²) >= 11 is 7.37. The molecule has 2 amide bonds. The topological polar surface area (TPSA) is 71.1 Å². The van der Waals surface area contributed by atoms with Crippen molar-refractivity contribution in [1.82, 2.24) is 4.98 Å². The summed E-state index contributed by atoms with van der Waals surface area (Å²) in [4.78, 5) is 29.0. The third-order valence-corrected chi connectivity index (χ3v) is 4.78. The predicted molar refractivity (Wildman–Crippen MR) is 106 cm³/mol. The molecule has 132 valence electrons. The molecular formula is C19H16ClN3O2S. The molecule has 0 aliphatic heterocycles. The predicted octanol–water partition coefficient (Wildman–Crippen LogP) is 4.98. The highest BCUT2D eigenvalue weighted by atomic mass is 35.5. The quantitative estimate of drug-likeness (QED) is 0.665. The molecule has 3 rings (SSSR count). The minimum absolute atomic E-state index is 0.140. The standard InChI is InChI=1S/C19H16ClN3O2S/c1-11-17(18(25)22-16-8-4-6-14(20)10-16)23-19(26-11)13-5-3-7-15(9-13)21-12(2)24/h3-10H,1-2H3,(H,21,24)(H,22,25). The van der Waals surface area contributed by atoms with Crippen molar-refractivity contribution in [3.63, 3.8) is 0 Å². The molecule has 1 aromatic heterocycles. The van der Waals surface area contributed by atoms with E-state index in [-0.39, 0.29) is 11.8 Å². The Morgan fingerprint density at radius 3 is 2.42 bits per heavy atom. The molecule has 0 radical (unpaired) electrons. The van der Waals surface area contributed by atoms with Gasteiger partial charge in [-0.25, -0.2) is 4.98 Å². The number of amides is 2. The molecule has 7 heteroatoms. The van der Waals surface area contributed by atoms with Gasteiger partial charge in [-0.1, -0.05) is 29.8 Å². The minimum atomic E-state index is -0.287. The molecule has 3 aromatic rings. The second kappa shape index (κ2) is 7.68. The number of benzene rings is 2. The number of thiazole rings is 1. The number of hydrogen-bond acceptors (Lipinski definition) is 4. The van der Waals surface area contributed by atoms with Gasteiger partial charge in [-0.2, -0.15) is 0 Å². The van der Waals surface area contributed by atoms with E-state index >= 15 is 0 Å². The van der Waals surface area contributed by atoms with E-state index in [0.29, 0.717) is 27.1 Å². The molecule has 0 aliphatic carbocycles. The van der Waals surface area contributed by atoms with Crippen molar-refractivity contribution in [2.24, 2.45) is 0 Å². The third-order valence-electron chi connectivity index (χ3n) is 3.52. The van der Waals surface area contributed by atoms with Crippen molar-refractivity contribution >= 4 is 46.1 Å². The highest BCUT2D eigenvalue weighted by Gasteiger charge is 2.17. The molecule has 0 bridgehead atoms. The van der Waals surface area contributed by atoms with Crippen LogP contribution in [0.1, 0.15) is 22.3 Å². The van der Waals surface area contributed by atoms with E-state index in [0.717, 1.165) is 10.4 Å². The normalized spacial score (nSPS) is 10.4. The molecule has 0 fully saturated rings. The molecule has 1 heterocycles. The monoisotopic (exact) mass is 385 g/mol. The van der Waals surface area contributed by atoms with Crippen molar-refractivity contribution in [1.29, 1.82) is 0 Å². The number of nitrogens with one attached hydrogen (secondary N) is 2. The first-order valence-electron chi connectivity index (χ1n) is 7.85. The van der Waals surface area contributed by atoms with Gasteiger partial charge in [0.15, 0.2) is 0 Å². The number of hydrogen-bond donors (Lipinski definition) is 2. The summed E-state index contributed by atoms with van der Waals surface area (Å²) in [5.74, 6) is -0.427. The number of rotatable bonds is 4. The van der Waals surface area contributed by atoms with E-state index in [9.17, 15) is 9.59 Å². The summed E-state index contributed by atoms with van der Waals surface area (Å²) in [6.07, 6.45) is 0. The second-order valence-corrected chi connectivity index (χ2v) is 7.29. The smallest absolute Gasteiger partial charge is 0.275 e. The summed E-state index contributed by atoms with van der Waals surface area (Å²) in [5.41, 5.74) is 2.51. The van der Waals surface area contributed by atoms with Gasteiger partial charge >= 0.3 is 0 Å². The number of nitrogens with zero attached hydrogens (tertiary/aromatic N) is 1. The highest BCUT2D eigenvalue weighted by molar-refractivity contribution is 7.15. The minimum Gasteiger partial charge on any atom is -0.326 e. The Kier molecular flexibility index (Phi) is 5.35. The lowest BCUT2D eigenvalue weighted by Gasteiger charge is -2.04. The van der Waals surface area contributed by atoms with Crippen LogP contribution in [-0.2, 0) is 4.79 Å². The van der Waals surface area contributed by atoms with E-state index in [2.05, 4.69) is 15.6 Å². The lowest BCUT2D eigenvalue weighted by molar-refractivity contribution is -0.114. The van der Waals surface area contributed by atoms with Crippen LogP contribution in [0.2, 0.25) is 5.02 Å². The summed E-state index contributed by atoms with van der Waals surface area (Å²) in [6.45, 7) is 3.31. The van der Waals surface area contributed by atoms with Crippen LogP contribution in [0.4, 0.5) is 11.4 Å². The van der Waals surface area contributed by atoms with Gasteiger partial charge < -0.3 is 10.6 Å². The van der Waals surface area contributed by atoms with Crippen molar-refractivity contribution in [3.8, 4) is 10.6 Å². The van der Waals surface area contributed by atoms with E-state index in [1.165, 1.54) is 18.3 Å². The number of anilines is 2. The summed E-state index contributed by atoms with van der Waals surface area (Å²) in [5, 5.41) is 6.81. The number of carbonyl (C=O) groups is 2. The lowest BCUT2D eigenvalue weighted by Crippen LogP contribution is -2.13. The number of aryl methyl sites for hydroxylation is 1. The molecule has 2 N–H and O–H groups in total. The number of aromatic nitrogens is 1. The first-order valence-corrected chi connectivity index (χ1v) is 9.04. The van der Waals surface area contributed by atoms with Crippen LogP contribution in [0, 0.1) is 6.92 Å². The fraction of sp³-hybridized carbons (Fsp3) is 0.105. The maximum absolute atomic E-state index is 12.5. The summed E-state index contributed by atoms with van der Waals surface area (Å²) in [7, 11) is 0. The van der Waals surface area contributed by atoms with Gasteiger partial charge in [0, 0.05) is 33.8 Å². The number of carbonyl (C=O) groups excluding carboxylic acids is 2. The maximum Gasteiger partial charge on any atom is 0.275 e. The van der Waals surface area contributed by atoms with Crippen LogP contribution in [-0.4, -0.2) is 16.8 Å². The van der Waals surface area contributed by atoms with Crippen LogP contribution in [0.5, 0.6) is 0 Å². The van der Waals surface area contributed by atoms with Gasteiger partial charge in [0.1, 0.15) is 10.7 Å². The molecule has 26 heavy (non-hydrogen) atoms. The Morgan fingerprint density at radius 1 is 1.04 bits per heavy atom. The number of halogens is 1. The first-order chi connectivity index (χ1) is 12.4. The highest BCUT2D eigenvalue weighted by Crippen LogP contribution is 2.30. The van der Waals surface area contributed by atoms with Crippen molar-refractivity contribution in [2.75, 3.05) is 10.6 Å². The molecule has 0 spiro atoms. The molecule has 0 unspecified atom stereocenters. The van der Waals surface area contributed by atoms with Gasteiger partial charge in [-0.3, -0.25) is 9.59 Å². The molecule has 0 saturated carbocycles. The van der Waals surface area contributed by atoms with Crippen LogP contribution < -0.4 is 10.6 Å². The molecule has 0 aliphatic rings. The summed E-state index contributed by atoms with van der Waals surface area (Å²) in [6, 6.07) is 14.3. The average molecular weight is 386 g/mol. The van der Waals surface area contributed by atoms with Crippen molar-refractivity contribution in [2.45, 2.75) is 13.8 Å². The van der Waals surface area contributed by atoms with Gasteiger partial charge in [0.25, 0.3) is 5.91 Å². The van der Waals surface area contributed by atoms with Gasteiger partial charge in [-0.15, -0.1) is 11.3 Å². The Balaban J connectivity index is 1.85. The zero-order valence-corrected chi connectivity index (χ0v) is 15.7. The Bertz CT molecular complexity index is 984. The zero-order chi connectivity index (χ0) is 18.7. The van der Waals surface area contributed by atoms with Gasteiger partial charge in [-0.05, 0) is 37.3 Å². The third kappa shape index (κ3) is 4.28. The molecule has 2 aromatic carbocycles. The van der Waals surface area contributed by atoms with Crippen LogP contribution >= 0.6 is 22.9 Å². The Morgan fingerprint density at radius 2 is 1.73 bits per heavy atom. The SMILES string of the molecule is CC(=O)Nc1cccc(-c2nc(C(=O)Nc3cccc(Cl)c3)c(C)s2)c1. The fourth-order valence-corrected chi connectivity index (χ4v) is 3.52. The van der Waals surface area contributed by atoms with E-state index < -0.39 is 0 Å². The lowest BCUT2D eigenvalue weighted by atomic mass is 10.2. The van der Waals surface area contributed by atoms with E-state index in [1.807, 2.05) is 25.1 Å². The molecular weight excluding hydrogens is 370 g/mol. The van der Waals surface area contributed by atoms with E-state index in [4.69, 9.17) is 11.6 Å². The van der Waals surface area contributed by atoms with Crippen LogP contribution in [0.3, 0.4) is 0 Å². The van der Waals surface area contributed by atoms with Crippen molar-refractivity contribution < 1.29 is 9.59 Å². The fourth-order valence-electron chi connectivity index (χ4n) is 2.42. The second-order valence-electron chi connectivity index (χ2n) is 5.65. The molecule has 5 nitrogen and oxygen atoms in total. The van der Waals surface area contributed by atoms with Crippen molar-refractivity contribution in [3.05, 3.63) is 64.1 Å². The first kappa shape index (κ1) is 18.1. The van der Waals surface area contributed by atoms with Crippen LogP contribution in [0.15, 0.2) is 48.5 Å². The Hall–Kier alpha value is -2.70. The molecule has 0 atom stereocenters. The zero-order valence-electron chi connectivity index (χ0n) is 14.2.